The monoisotopic (exact) mass is 1310 g/mol. The van der Waals surface area contributed by atoms with Crippen LogP contribution >= 0.6 is 15.6 Å². The van der Waals surface area contributed by atoms with Crippen LogP contribution in [-0.2, 0) is 65.4 Å². The van der Waals surface area contributed by atoms with E-state index >= 15 is 0 Å². The van der Waals surface area contributed by atoms with Gasteiger partial charge in [-0.3, -0.25) is 37.3 Å². The largest absolute Gasteiger partial charge is 0.472 e. The topological polar surface area (TPSA) is 237 Å². The van der Waals surface area contributed by atoms with Crippen molar-refractivity contribution in [2.24, 2.45) is 23.7 Å². The molecule has 0 aliphatic heterocycles. The van der Waals surface area contributed by atoms with Crippen molar-refractivity contribution in [1.82, 2.24) is 0 Å². The van der Waals surface area contributed by atoms with E-state index in [-0.39, 0.29) is 25.7 Å². The summed E-state index contributed by atoms with van der Waals surface area (Å²) < 4.78 is 68.3. The first-order valence-electron chi connectivity index (χ1n) is 36.3. The van der Waals surface area contributed by atoms with Crippen LogP contribution in [0.3, 0.4) is 0 Å². The van der Waals surface area contributed by atoms with Gasteiger partial charge in [-0.1, -0.05) is 293 Å². The predicted octanol–water partition coefficient (Wildman–Crippen LogP) is 19.7. The van der Waals surface area contributed by atoms with Crippen LogP contribution in [-0.4, -0.2) is 96.7 Å². The van der Waals surface area contributed by atoms with Crippen molar-refractivity contribution in [3.05, 3.63) is 0 Å². The van der Waals surface area contributed by atoms with E-state index in [1.807, 2.05) is 0 Å². The second-order valence-corrected chi connectivity index (χ2v) is 29.6. The van der Waals surface area contributed by atoms with Crippen molar-refractivity contribution in [3.8, 4) is 0 Å². The second kappa shape index (κ2) is 59.8. The van der Waals surface area contributed by atoms with E-state index in [0.29, 0.717) is 25.7 Å². The zero-order valence-corrected chi connectivity index (χ0v) is 59.8. The Bertz CT molecular complexity index is 1770. The van der Waals surface area contributed by atoms with Crippen LogP contribution in [0.5, 0.6) is 0 Å². The lowest BCUT2D eigenvalue weighted by Crippen LogP contribution is -2.30. The van der Waals surface area contributed by atoms with Gasteiger partial charge in [-0.05, 0) is 49.4 Å². The summed E-state index contributed by atoms with van der Waals surface area (Å²) in [6.07, 6.45) is 41.7. The molecule has 0 fully saturated rings. The van der Waals surface area contributed by atoms with Gasteiger partial charge in [-0.2, -0.15) is 0 Å². The minimum Gasteiger partial charge on any atom is -0.462 e. The minimum absolute atomic E-state index is 0.105. The number of carbonyl (C=O) groups excluding carboxylic acids is 4. The minimum atomic E-state index is -4.95. The zero-order valence-electron chi connectivity index (χ0n) is 58.1. The molecule has 89 heavy (non-hydrogen) atoms. The number of rotatable bonds is 67. The van der Waals surface area contributed by atoms with Crippen LogP contribution in [0.4, 0.5) is 0 Å². The highest BCUT2D eigenvalue weighted by Crippen LogP contribution is 2.45. The molecule has 528 valence electrons. The zero-order chi connectivity index (χ0) is 66.1. The summed E-state index contributed by atoms with van der Waals surface area (Å²) in [5, 5.41) is 10.6. The molecule has 0 saturated heterocycles. The van der Waals surface area contributed by atoms with Crippen LogP contribution in [0, 0.1) is 23.7 Å². The average Bonchev–Trinajstić information content (AvgIpc) is 3.70. The highest BCUT2D eigenvalue weighted by atomic mass is 31.2. The number of unbranched alkanes of at least 4 members (excludes halogenated alkanes) is 31. The van der Waals surface area contributed by atoms with Crippen molar-refractivity contribution in [1.29, 1.82) is 0 Å². The van der Waals surface area contributed by atoms with Gasteiger partial charge in [-0.25, -0.2) is 9.13 Å². The Labute approximate surface area is 543 Å². The summed E-state index contributed by atoms with van der Waals surface area (Å²) in [6, 6.07) is 0. The highest BCUT2D eigenvalue weighted by Gasteiger charge is 2.30. The summed E-state index contributed by atoms with van der Waals surface area (Å²) in [5.74, 6) is 0.873. The summed E-state index contributed by atoms with van der Waals surface area (Å²) in [4.78, 5) is 72.5. The SMILES string of the molecule is CCC(C)CCCCCCCCC(=O)OC[C@H](COP(=O)(O)OC[C@@H](O)COP(=O)(O)OC[C@@H](COC(=O)CCCCCCCCC(C)CC)OC(=O)CCCCCCCCCCCCCC(C)C)OC(=O)CCCCCCCCCCCCCCC(C)C. The normalized spacial score (nSPS) is 14.9. The average molecular weight is 1310 g/mol. The molecule has 0 aliphatic carbocycles. The molecule has 0 aliphatic rings. The first-order valence-corrected chi connectivity index (χ1v) is 39.3. The third-order valence-electron chi connectivity index (χ3n) is 16.8. The van der Waals surface area contributed by atoms with Gasteiger partial charge in [0.2, 0.25) is 0 Å². The number of aliphatic hydroxyl groups excluding tert-OH is 1. The lowest BCUT2D eigenvalue weighted by molar-refractivity contribution is -0.161. The number of ether oxygens (including phenoxy) is 4. The lowest BCUT2D eigenvalue weighted by atomic mass is 10.00. The molecular formula is C70H136O17P2. The van der Waals surface area contributed by atoms with Gasteiger partial charge in [0.1, 0.15) is 19.3 Å². The maximum atomic E-state index is 13.0. The molecule has 0 aromatic rings. The van der Waals surface area contributed by atoms with Crippen LogP contribution in [0.25, 0.3) is 0 Å². The number of phosphoric ester groups is 2. The van der Waals surface area contributed by atoms with Crippen LogP contribution in [0.2, 0.25) is 0 Å². The number of carbonyl (C=O) groups is 4. The van der Waals surface area contributed by atoms with Crippen molar-refractivity contribution in [2.75, 3.05) is 39.6 Å². The van der Waals surface area contributed by atoms with Gasteiger partial charge >= 0.3 is 39.5 Å². The van der Waals surface area contributed by atoms with Gasteiger partial charge < -0.3 is 33.8 Å². The fourth-order valence-electron chi connectivity index (χ4n) is 10.4. The first kappa shape index (κ1) is 87.1. The van der Waals surface area contributed by atoms with Crippen molar-refractivity contribution >= 4 is 39.5 Å². The molecule has 0 bridgehead atoms. The van der Waals surface area contributed by atoms with E-state index in [9.17, 15) is 43.2 Å². The first-order chi connectivity index (χ1) is 42.7. The number of hydrogen-bond donors (Lipinski definition) is 3. The number of phosphoric acid groups is 2. The quantitative estimate of drug-likeness (QED) is 0.0222. The van der Waals surface area contributed by atoms with Gasteiger partial charge in [0.25, 0.3) is 0 Å². The summed E-state index contributed by atoms with van der Waals surface area (Å²) in [7, 11) is -9.90. The molecule has 0 saturated carbocycles. The Hall–Kier alpha value is -1.94. The third kappa shape index (κ3) is 62.0. The Kier molecular flexibility index (Phi) is 58.5. The summed E-state index contributed by atoms with van der Waals surface area (Å²) in [6.45, 7) is 14.1. The molecule has 0 heterocycles. The molecule has 19 heteroatoms. The van der Waals surface area contributed by atoms with Crippen LogP contribution < -0.4 is 0 Å². The highest BCUT2D eigenvalue weighted by molar-refractivity contribution is 7.47. The molecule has 4 unspecified atom stereocenters. The van der Waals surface area contributed by atoms with Crippen molar-refractivity contribution in [3.63, 3.8) is 0 Å². The molecule has 0 aromatic carbocycles. The number of esters is 4. The summed E-state index contributed by atoms with van der Waals surface area (Å²) in [5.41, 5.74) is 0. The maximum absolute atomic E-state index is 13.0. The molecule has 0 radical (unpaired) electrons. The fraction of sp³-hybridized carbons (Fsp3) is 0.943. The molecule has 0 rings (SSSR count). The fourth-order valence-corrected chi connectivity index (χ4v) is 12.0. The van der Waals surface area contributed by atoms with Crippen molar-refractivity contribution < 1.29 is 80.2 Å². The van der Waals surface area contributed by atoms with Crippen LogP contribution in [0.1, 0.15) is 344 Å². The predicted molar refractivity (Wildman–Crippen MR) is 358 cm³/mol. The van der Waals surface area contributed by atoms with E-state index in [1.165, 1.54) is 135 Å². The van der Waals surface area contributed by atoms with E-state index in [1.54, 1.807) is 0 Å². The lowest BCUT2D eigenvalue weighted by Gasteiger charge is -2.21. The maximum Gasteiger partial charge on any atom is 0.472 e. The molecule has 0 aromatic heterocycles. The van der Waals surface area contributed by atoms with Gasteiger partial charge in [-0.15, -0.1) is 0 Å². The molecule has 7 atom stereocenters. The molecule has 17 nitrogen and oxygen atoms in total. The molecule has 0 spiro atoms. The van der Waals surface area contributed by atoms with E-state index in [0.717, 1.165) is 126 Å². The third-order valence-corrected chi connectivity index (χ3v) is 18.7. The molecule has 3 N–H and O–H groups in total. The van der Waals surface area contributed by atoms with Gasteiger partial charge in [0.15, 0.2) is 12.2 Å². The second-order valence-electron chi connectivity index (χ2n) is 26.7. The Morgan fingerprint density at radius 2 is 0.539 bits per heavy atom. The Balaban J connectivity index is 5.26. The summed E-state index contributed by atoms with van der Waals surface area (Å²) >= 11 is 0. The van der Waals surface area contributed by atoms with E-state index < -0.39 is 97.5 Å². The molecular weight excluding hydrogens is 1170 g/mol. The number of aliphatic hydroxyl groups is 1. The van der Waals surface area contributed by atoms with Gasteiger partial charge in [0.05, 0.1) is 26.4 Å². The van der Waals surface area contributed by atoms with Gasteiger partial charge in [0, 0.05) is 25.7 Å². The standard InChI is InChI=1S/C70H136O17P2/c1-9-62(7)48-40-32-26-28-34-42-50-67(72)80-56-65(86-69(74)52-44-36-24-20-16-12-11-14-18-22-30-38-46-60(3)4)58-84-88(76,77)82-54-64(71)55-83-89(78,79)85-59-66(57-81-68(73)51-43-35-29-27-33-41-49-63(8)10-2)87-70(75)53-45-37-25-21-17-13-15-19-23-31-39-47-61(5)6/h60-66,71H,9-59H2,1-8H3,(H,76,77)(H,78,79)/t62?,63?,64-,65-,66-/m1/s1. The number of hydrogen-bond acceptors (Lipinski definition) is 15. The Morgan fingerprint density at radius 3 is 0.798 bits per heavy atom. The van der Waals surface area contributed by atoms with E-state index in [2.05, 4.69) is 55.4 Å². The Morgan fingerprint density at radius 1 is 0.315 bits per heavy atom. The van der Waals surface area contributed by atoms with Crippen molar-refractivity contribution in [2.45, 2.75) is 363 Å². The van der Waals surface area contributed by atoms with E-state index in [4.69, 9.17) is 37.0 Å². The van der Waals surface area contributed by atoms with Crippen LogP contribution in [0.15, 0.2) is 0 Å². The molecule has 0 amide bonds. The smallest absolute Gasteiger partial charge is 0.462 e.